The van der Waals surface area contributed by atoms with Gasteiger partial charge in [0.25, 0.3) is 5.76 Å². The fraction of sp³-hybridized carbons (Fsp3) is 0.222. The third kappa shape index (κ3) is 2.88. The number of hydrogen-bond acceptors (Lipinski definition) is 5. The molecule has 1 atom stereocenters. The maximum atomic E-state index is 13.5. The zero-order valence-electron chi connectivity index (χ0n) is 8.34. The van der Waals surface area contributed by atoms with Crippen LogP contribution in [-0.4, -0.2) is 28.2 Å². The van der Waals surface area contributed by atoms with E-state index in [9.17, 15) is 18.8 Å². The Morgan fingerprint density at radius 2 is 2.06 bits per heavy atom. The molecule has 7 nitrogen and oxygen atoms in total. The molecule has 0 spiro atoms. The van der Waals surface area contributed by atoms with E-state index >= 15 is 0 Å². The Hall–Kier alpha value is -2.22. The second kappa shape index (κ2) is 4.74. The van der Waals surface area contributed by atoms with Crippen molar-refractivity contribution in [2.24, 2.45) is 5.73 Å². The van der Waals surface area contributed by atoms with Gasteiger partial charge >= 0.3 is 17.6 Å². The standard InChI is InChI=1S/C9H8FNO6/c10-6-3(1-4(11)8(13)14)2-5(12)17-7(6)9(15)16/h2,4H,1,11H2,(H,13,14)(H,15,16). The van der Waals surface area contributed by atoms with Crippen LogP contribution in [0.1, 0.15) is 16.1 Å². The van der Waals surface area contributed by atoms with Crippen LogP contribution in [0.25, 0.3) is 0 Å². The number of aliphatic carboxylic acids is 1. The highest BCUT2D eigenvalue weighted by molar-refractivity contribution is 5.84. The minimum absolute atomic E-state index is 0.409. The maximum absolute atomic E-state index is 13.5. The number of carboxylic acid groups (broad SMARTS) is 2. The van der Waals surface area contributed by atoms with Gasteiger partial charge in [-0.2, -0.15) is 0 Å². The summed E-state index contributed by atoms with van der Waals surface area (Å²) in [6.07, 6.45) is -0.507. The van der Waals surface area contributed by atoms with Crippen molar-refractivity contribution in [3.8, 4) is 0 Å². The van der Waals surface area contributed by atoms with Gasteiger partial charge in [-0.3, -0.25) is 4.79 Å². The van der Waals surface area contributed by atoms with Crippen molar-refractivity contribution in [2.45, 2.75) is 12.5 Å². The highest BCUT2D eigenvalue weighted by Crippen LogP contribution is 2.12. The minimum Gasteiger partial charge on any atom is -0.480 e. The molecule has 8 heteroatoms. The monoisotopic (exact) mass is 245 g/mol. The second-order valence-corrected chi connectivity index (χ2v) is 3.19. The molecular formula is C9H8FNO6. The molecule has 92 valence electrons. The summed E-state index contributed by atoms with van der Waals surface area (Å²) in [6.45, 7) is 0. The van der Waals surface area contributed by atoms with Crippen molar-refractivity contribution in [3.05, 3.63) is 33.6 Å². The normalized spacial score (nSPS) is 12.1. The number of nitrogens with two attached hydrogens (primary N) is 1. The molecule has 0 radical (unpaired) electrons. The molecule has 0 aliphatic heterocycles. The molecule has 4 N–H and O–H groups in total. The molecule has 0 saturated heterocycles. The summed E-state index contributed by atoms with van der Waals surface area (Å²) in [5.74, 6) is -5.61. The van der Waals surface area contributed by atoms with Gasteiger partial charge in [0.15, 0.2) is 5.82 Å². The highest BCUT2D eigenvalue weighted by Gasteiger charge is 2.22. The van der Waals surface area contributed by atoms with Gasteiger partial charge in [-0.05, 0) is 0 Å². The molecular weight excluding hydrogens is 237 g/mol. The number of rotatable bonds is 4. The number of carboxylic acids is 2. The molecule has 1 aromatic heterocycles. The summed E-state index contributed by atoms with van der Waals surface area (Å²) in [6, 6.07) is -0.766. The van der Waals surface area contributed by atoms with Crippen LogP contribution in [0.15, 0.2) is 15.3 Å². The molecule has 0 fully saturated rings. The van der Waals surface area contributed by atoms with Gasteiger partial charge in [0.05, 0.1) is 0 Å². The van der Waals surface area contributed by atoms with Crippen molar-refractivity contribution in [1.82, 2.24) is 0 Å². The van der Waals surface area contributed by atoms with Gasteiger partial charge in [-0.1, -0.05) is 0 Å². The Morgan fingerprint density at radius 3 is 2.53 bits per heavy atom. The van der Waals surface area contributed by atoms with E-state index < -0.39 is 47.2 Å². The zero-order chi connectivity index (χ0) is 13.2. The molecule has 0 bridgehead atoms. The zero-order valence-corrected chi connectivity index (χ0v) is 8.34. The minimum atomic E-state index is -1.76. The van der Waals surface area contributed by atoms with Crippen molar-refractivity contribution < 1.29 is 28.6 Å². The van der Waals surface area contributed by atoms with Crippen molar-refractivity contribution in [3.63, 3.8) is 0 Å². The van der Waals surface area contributed by atoms with E-state index in [0.717, 1.165) is 0 Å². The first-order chi connectivity index (χ1) is 7.82. The third-order valence-corrected chi connectivity index (χ3v) is 1.93. The predicted octanol–water partition coefficient (Wildman–Crippen LogP) is -0.568. The van der Waals surface area contributed by atoms with Crippen LogP contribution in [0, 0.1) is 5.82 Å². The molecule has 0 aromatic carbocycles. The molecule has 0 aliphatic carbocycles. The van der Waals surface area contributed by atoms with Crippen LogP contribution in [0.4, 0.5) is 4.39 Å². The first-order valence-electron chi connectivity index (χ1n) is 4.37. The van der Waals surface area contributed by atoms with E-state index in [-0.39, 0.29) is 0 Å². The van der Waals surface area contributed by atoms with E-state index in [2.05, 4.69) is 4.42 Å². The predicted molar refractivity (Wildman–Crippen MR) is 51.2 cm³/mol. The summed E-state index contributed by atoms with van der Waals surface area (Å²) in [5, 5.41) is 17.1. The summed E-state index contributed by atoms with van der Waals surface area (Å²) in [5.41, 5.74) is 3.65. The molecule has 1 aromatic rings. The first kappa shape index (κ1) is 12.8. The number of halogens is 1. The van der Waals surface area contributed by atoms with E-state index in [1.807, 2.05) is 0 Å². The first-order valence-corrected chi connectivity index (χ1v) is 4.37. The average Bonchev–Trinajstić information content (AvgIpc) is 2.22. The van der Waals surface area contributed by atoms with Gasteiger partial charge in [0.1, 0.15) is 6.04 Å². The lowest BCUT2D eigenvalue weighted by molar-refractivity contribution is -0.138. The average molecular weight is 245 g/mol. The molecule has 0 amide bonds. The SMILES string of the molecule is NC(Cc1cc(=O)oc(C(=O)O)c1F)C(=O)O. The summed E-state index contributed by atoms with van der Waals surface area (Å²) < 4.78 is 17.6. The highest BCUT2D eigenvalue weighted by atomic mass is 19.1. The fourth-order valence-electron chi connectivity index (χ4n) is 1.14. The van der Waals surface area contributed by atoms with E-state index in [1.54, 1.807) is 0 Å². The molecule has 0 saturated carbocycles. The van der Waals surface area contributed by atoms with Crippen LogP contribution in [0.5, 0.6) is 0 Å². The summed E-state index contributed by atoms with van der Waals surface area (Å²) >= 11 is 0. The molecule has 0 aliphatic rings. The summed E-state index contributed by atoms with van der Waals surface area (Å²) in [4.78, 5) is 31.9. The van der Waals surface area contributed by atoms with E-state index in [4.69, 9.17) is 15.9 Å². The molecule has 17 heavy (non-hydrogen) atoms. The van der Waals surface area contributed by atoms with Gasteiger partial charge in [-0.25, -0.2) is 14.0 Å². The van der Waals surface area contributed by atoms with Crippen molar-refractivity contribution in [2.75, 3.05) is 0 Å². The van der Waals surface area contributed by atoms with Crippen LogP contribution in [-0.2, 0) is 11.2 Å². The third-order valence-electron chi connectivity index (χ3n) is 1.93. The van der Waals surface area contributed by atoms with Crippen molar-refractivity contribution in [1.29, 1.82) is 0 Å². The van der Waals surface area contributed by atoms with Crippen LogP contribution < -0.4 is 11.4 Å². The Labute approximate surface area is 93.3 Å². The Balaban J connectivity index is 3.21. The molecule has 1 rings (SSSR count). The quantitative estimate of drug-likeness (QED) is 0.647. The Morgan fingerprint density at radius 1 is 1.47 bits per heavy atom. The van der Waals surface area contributed by atoms with Gasteiger partial charge in [0.2, 0.25) is 0 Å². The largest absolute Gasteiger partial charge is 0.480 e. The molecule has 1 heterocycles. The van der Waals surface area contributed by atoms with Gasteiger partial charge < -0.3 is 20.4 Å². The van der Waals surface area contributed by atoms with Gasteiger partial charge in [-0.15, -0.1) is 0 Å². The number of hydrogen-bond donors (Lipinski definition) is 3. The van der Waals surface area contributed by atoms with E-state index in [1.165, 1.54) is 0 Å². The van der Waals surface area contributed by atoms with Gasteiger partial charge in [0, 0.05) is 18.1 Å². The maximum Gasteiger partial charge on any atom is 0.375 e. The number of carbonyl (C=O) groups is 2. The van der Waals surface area contributed by atoms with Crippen LogP contribution in [0.2, 0.25) is 0 Å². The fourth-order valence-corrected chi connectivity index (χ4v) is 1.14. The Bertz CT molecular complexity index is 523. The topological polar surface area (TPSA) is 131 Å². The number of aromatic carboxylic acids is 1. The lowest BCUT2D eigenvalue weighted by atomic mass is 10.1. The van der Waals surface area contributed by atoms with Crippen LogP contribution >= 0.6 is 0 Å². The molecule has 1 unspecified atom stereocenters. The van der Waals surface area contributed by atoms with Crippen molar-refractivity contribution >= 4 is 11.9 Å². The summed E-state index contributed by atoms with van der Waals surface area (Å²) in [7, 11) is 0. The smallest absolute Gasteiger partial charge is 0.375 e. The van der Waals surface area contributed by atoms with E-state index in [0.29, 0.717) is 6.07 Å². The Kier molecular flexibility index (Phi) is 3.59. The second-order valence-electron chi connectivity index (χ2n) is 3.19. The van der Waals surface area contributed by atoms with Crippen LogP contribution in [0.3, 0.4) is 0 Å². The lowest BCUT2D eigenvalue weighted by Gasteiger charge is -2.07. The lowest BCUT2D eigenvalue weighted by Crippen LogP contribution is -2.33.